The number of halogens is 2. The highest BCUT2D eigenvalue weighted by molar-refractivity contribution is 6.07. The fourth-order valence-electron chi connectivity index (χ4n) is 2.45. The summed E-state index contributed by atoms with van der Waals surface area (Å²) in [5, 5.41) is 18.4. The molecule has 1 aliphatic heterocycles. The summed E-state index contributed by atoms with van der Waals surface area (Å²) in [7, 11) is 0. The minimum atomic E-state index is -1.15. The summed E-state index contributed by atoms with van der Waals surface area (Å²) in [4.78, 5) is 16.3. The monoisotopic (exact) mass is 348 g/mol. The lowest BCUT2D eigenvalue weighted by atomic mass is 10.1. The van der Waals surface area contributed by atoms with Gasteiger partial charge in [0.1, 0.15) is 18.3 Å². The molecule has 2 aromatic carbocycles. The van der Waals surface area contributed by atoms with Crippen LogP contribution in [0, 0.1) is 11.6 Å². The quantitative estimate of drug-likeness (QED) is 0.890. The van der Waals surface area contributed by atoms with Crippen molar-refractivity contribution >= 4 is 11.9 Å². The Morgan fingerprint density at radius 2 is 2.08 bits per heavy atom. The third-order valence-electron chi connectivity index (χ3n) is 3.71. The molecule has 1 amide bonds. The molecule has 2 aromatic rings. The van der Waals surface area contributed by atoms with Crippen molar-refractivity contribution in [3.05, 3.63) is 59.2 Å². The molecule has 0 fully saturated rings. The molecule has 0 aromatic heterocycles. The van der Waals surface area contributed by atoms with E-state index in [-0.39, 0.29) is 30.3 Å². The van der Waals surface area contributed by atoms with Gasteiger partial charge in [-0.1, -0.05) is 18.2 Å². The van der Waals surface area contributed by atoms with E-state index in [1.807, 2.05) is 0 Å². The largest absolute Gasteiger partial charge is 0.505 e. The molecule has 1 aliphatic rings. The first-order valence-electron chi connectivity index (χ1n) is 7.41. The third-order valence-corrected chi connectivity index (χ3v) is 3.71. The Labute approximate surface area is 141 Å². The van der Waals surface area contributed by atoms with E-state index < -0.39 is 23.5 Å². The van der Waals surface area contributed by atoms with Gasteiger partial charge in [-0.2, -0.15) is 4.39 Å². The van der Waals surface area contributed by atoms with Crippen molar-refractivity contribution in [2.24, 2.45) is 4.99 Å². The molecular weight excluding hydrogens is 334 g/mol. The Hall–Kier alpha value is -3.16. The van der Waals surface area contributed by atoms with Crippen LogP contribution in [0.15, 0.2) is 41.4 Å². The van der Waals surface area contributed by atoms with Crippen LogP contribution < -0.4 is 4.74 Å². The Morgan fingerprint density at radius 1 is 1.28 bits per heavy atom. The first-order valence-corrected chi connectivity index (χ1v) is 7.41. The molecule has 0 unspecified atom stereocenters. The first kappa shape index (κ1) is 16.7. The predicted molar refractivity (Wildman–Crippen MR) is 84.9 cm³/mol. The lowest BCUT2D eigenvalue weighted by Crippen LogP contribution is -2.33. The number of aromatic hydroxyl groups is 1. The highest BCUT2D eigenvalue weighted by Crippen LogP contribution is 2.26. The maximum atomic E-state index is 14.3. The van der Waals surface area contributed by atoms with Crippen LogP contribution >= 0.6 is 0 Å². The highest BCUT2D eigenvalue weighted by Gasteiger charge is 2.24. The number of amides is 1. The Kier molecular flexibility index (Phi) is 4.51. The zero-order valence-electron chi connectivity index (χ0n) is 12.9. The van der Waals surface area contributed by atoms with Gasteiger partial charge in [0.15, 0.2) is 11.5 Å². The number of ether oxygens (including phenoxy) is 1. The van der Waals surface area contributed by atoms with Crippen molar-refractivity contribution in [1.29, 1.82) is 0 Å². The minimum absolute atomic E-state index is 0.159. The molecular formula is C17H14F2N2O4. The van der Waals surface area contributed by atoms with Crippen LogP contribution in [0.1, 0.15) is 11.1 Å². The van der Waals surface area contributed by atoms with Crippen molar-refractivity contribution < 1.29 is 28.5 Å². The maximum absolute atomic E-state index is 14.3. The van der Waals surface area contributed by atoms with E-state index in [9.17, 15) is 18.7 Å². The van der Waals surface area contributed by atoms with E-state index >= 15 is 0 Å². The number of carboxylic acid groups (broad SMARTS) is 1. The number of aliphatic imine (C=N–C) groups is 1. The molecule has 0 radical (unpaired) electrons. The van der Waals surface area contributed by atoms with E-state index in [4.69, 9.17) is 9.84 Å². The van der Waals surface area contributed by atoms with E-state index in [0.29, 0.717) is 12.1 Å². The smallest absolute Gasteiger partial charge is 0.413 e. The molecule has 0 bridgehead atoms. The molecule has 6 nitrogen and oxygen atoms in total. The molecule has 0 spiro atoms. The Balaban J connectivity index is 1.76. The molecule has 8 heteroatoms. The lowest BCUT2D eigenvalue weighted by Gasteiger charge is -2.15. The summed E-state index contributed by atoms with van der Waals surface area (Å²) in [6.45, 7) is 0.306. The molecule has 0 aliphatic carbocycles. The van der Waals surface area contributed by atoms with E-state index in [1.54, 1.807) is 0 Å². The van der Waals surface area contributed by atoms with Gasteiger partial charge in [0.2, 0.25) is 5.82 Å². The van der Waals surface area contributed by atoms with Gasteiger partial charge in [-0.05, 0) is 18.2 Å². The highest BCUT2D eigenvalue weighted by atomic mass is 19.1. The van der Waals surface area contributed by atoms with Gasteiger partial charge in [0, 0.05) is 11.1 Å². The summed E-state index contributed by atoms with van der Waals surface area (Å²) in [6, 6.07) is 8.02. The van der Waals surface area contributed by atoms with Gasteiger partial charge in [0.25, 0.3) is 0 Å². The Bertz CT molecular complexity index is 855. The SMILES string of the molecule is O=C(O)N1CCN=C1c1ccc(COc2cccc(O)c2F)c(F)c1. The average Bonchev–Trinajstić information content (AvgIpc) is 3.07. The number of rotatable bonds is 4. The number of carbonyl (C=O) groups is 1. The van der Waals surface area contributed by atoms with Crippen LogP contribution in [0.5, 0.6) is 11.5 Å². The van der Waals surface area contributed by atoms with Gasteiger partial charge in [-0.15, -0.1) is 0 Å². The van der Waals surface area contributed by atoms with Crippen LogP contribution in [-0.2, 0) is 6.61 Å². The zero-order valence-corrected chi connectivity index (χ0v) is 12.9. The maximum Gasteiger partial charge on any atom is 0.413 e. The van der Waals surface area contributed by atoms with Crippen molar-refractivity contribution in [3.63, 3.8) is 0 Å². The summed E-state index contributed by atoms with van der Waals surface area (Å²) in [6.07, 6.45) is -1.15. The van der Waals surface area contributed by atoms with E-state index in [1.165, 1.54) is 30.3 Å². The second-order valence-corrected chi connectivity index (χ2v) is 5.32. The fraction of sp³-hybridized carbons (Fsp3) is 0.176. The molecule has 0 saturated heterocycles. The molecule has 0 saturated carbocycles. The van der Waals surface area contributed by atoms with Gasteiger partial charge < -0.3 is 14.9 Å². The van der Waals surface area contributed by atoms with Gasteiger partial charge in [-0.25, -0.2) is 9.18 Å². The topological polar surface area (TPSA) is 82.4 Å². The molecule has 25 heavy (non-hydrogen) atoms. The lowest BCUT2D eigenvalue weighted by molar-refractivity contribution is 0.172. The molecule has 1 heterocycles. The van der Waals surface area contributed by atoms with E-state index in [0.717, 1.165) is 11.0 Å². The molecule has 3 rings (SSSR count). The second kappa shape index (κ2) is 6.76. The van der Waals surface area contributed by atoms with Crippen molar-refractivity contribution in [3.8, 4) is 11.5 Å². The summed E-state index contributed by atoms with van der Waals surface area (Å²) in [5.41, 5.74) is 0.497. The number of benzene rings is 2. The fourth-order valence-corrected chi connectivity index (χ4v) is 2.45. The number of phenolic OH excluding ortho intramolecular Hbond substituents is 1. The minimum Gasteiger partial charge on any atom is -0.505 e. The molecule has 130 valence electrons. The second-order valence-electron chi connectivity index (χ2n) is 5.32. The van der Waals surface area contributed by atoms with Crippen molar-refractivity contribution in [1.82, 2.24) is 4.90 Å². The normalized spacial score (nSPS) is 13.7. The third kappa shape index (κ3) is 3.37. The van der Waals surface area contributed by atoms with E-state index in [2.05, 4.69) is 4.99 Å². The summed E-state index contributed by atoms with van der Waals surface area (Å²) >= 11 is 0. The van der Waals surface area contributed by atoms with Crippen molar-refractivity contribution in [2.75, 3.05) is 13.1 Å². The average molecular weight is 348 g/mol. The Morgan fingerprint density at radius 3 is 2.80 bits per heavy atom. The molecule has 0 atom stereocenters. The zero-order chi connectivity index (χ0) is 18.0. The number of nitrogens with zero attached hydrogens (tertiary/aromatic N) is 2. The first-order chi connectivity index (χ1) is 12.0. The molecule has 2 N–H and O–H groups in total. The summed E-state index contributed by atoms with van der Waals surface area (Å²) < 4.78 is 33.1. The predicted octanol–water partition coefficient (Wildman–Crippen LogP) is 2.99. The van der Waals surface area contributed by atoms with Crippen LogP contribution in [0.2, 0.25) is 0 Å². The van der Waals surface area contributed by atoms with Crippen LogP contribution in [0.4, 0.5) is 13.6 Å². The number of phenols is 1. The van der Waals surface area contributed by atoms with Gasteiger partial charge in [-0.3, -0.25) is 9.89 Å². The van der Waals surface area contributed by atoms with Crippen LogP contribution in [-0.4, -0.2) is 40.1 Å². The number of hydrogen-bond donors (Lipinski definition) is 2. The van der Waals surface area contributed by atoms with Crippen LogP contribution in [0.25, 0.3) is 0 Å². The van der Waals surface area contributed by atoms with Crippen molar-refractivity contribution in [2.45, 2.75) is 6.61 Å². The van der Waals surface area contributed by atoms with Gasteiger partial charge in [0.05, 0.1) is 13.1 Å². The van der Waals surface area contributed by atoms with Crippen LogP contribution in [0.3, 0.4) is 0 Å². The summed E-state index contributed by atoms with van der Waals surface area (Å²) in [5.74, 6) is -2.10. The van der Waals surface area contributed by atoms with Gasteiger partial charge >= 0.3 is 6.09 Å². The number of hydrogen-bond acceptors (Lipinski definition) is 4. The standard InChI is InChI=1S/C17H14F2N2O4/c18-12-8-10(16-20-6-7-21(16)17(23)24)4-5-11(12)9-25-14-3-1-2-13(22)15(14)19/h1-5,8,22H,6-7,9H2,(H,23,24). The number of amidine groups is 1.